The Labute approximate surface area is 148 Å². The maximum absolute atomic E-state index is 12.1. The van der Waals surface area contributed by atoms with Gasteiger partial charge in [-0.15, -0.1) is 0 Å². The standard InChI is InChI=1S/C15H10Br2ClNO3/c16-9-6-11(15(21)22)14(12(17)7-9)19-13(20)5-8-1-3-10(18)4-2-8/h1-4,6-7H,5H2,(H,19,20)(H,21,22). The number of hydrogen-bond acceptors (Lipinski definition) is 2. The number of nitrogens with one attached hydrogen (secondary N) is 1. The number of carbonyl (C=O) groups is 2. The van der Waals surface area contributed by atoms with E-state index in [1.54, 1.807) is 30.3 Å². The molecule has 0 aromatic heterocycles. The number of rotatable bonds is 4. The van der Waals surface area contributed by atoms with Crippen LogP contribution in [0.4, 0.5) is 5.69 Å². The van der Waals surface area contributed by atoms with E-state index in [9.17, 15) is 14.7 Å². The van der Waals surface area contributed by atoms with Crippen molar-refractivity contribution in [1.29, 1.82) is 0 Å². The molecular formula is C15H10Br2ClNO3. The third-order valence-electron chi connectivity index (χ3n) is 2.83. The van der Waals surface area contributed by atoms with Crippen LogP contribution in [0.2, 0.25) is 5.02 Å². The highest BCUT2D eigenvalue weighted by Crippen LogP contribution is 2.31. The van der Waals surface area contributed by atoms with Crippen LogP contribution in [0.1, 0.15) is 15.9 Å². The van der Waals surface area contributed by atoms with Crippen molar-refractivity contribution in [2.24, 2.45) is 0 Å². The van der Waals surface area contributed by atoms with Gasteiger partial charge in [-0.05, 0) is 45.8 Å². The molecule has 0 aliphatic heterocycles. The first kappa shape index (κ1) is 17.0. The van der Waals surface area contributed by atoms with Gasteiger partial charge in [0.15, 0.2) is 0 Å². The second kappa shape index (κ2) is 7.26. The molecule has 2 N–H and O–H groups in total. The number of aromatic carboxylic acids is 1. The van der Waals surface area contributed by atoms with Crippen molar-refractivity contribution < 1.29 is 14.7 Å². The molecule has 0 aliphatic rings. The highest BCUT2D eigenvalue weighted by atomic mass is 79.9. The van der Waals surface area contributed by atoms with E-state index in [2.05, 4.69) is 37.2 Å². The lowest BCUT2D eigenvalue weighted by molar-refractivity contribution is -0.115. The third-order valence-corrected chi connectivity index (χ3v) is 4.16. The zero-order chi connectivity index (χ0) is 16.3. The van der Waals surface area contributed by atoms with Crippen molar-refractivity contribution in [3.63, 3.8) is 0 Å². The Morgan fingerprint density at radius 3 is 2.36 bits per heavy atom. The first-order valence-electron chi connectivity index (χ1n) is 6.13. The van der Waals surface area contributed by atoms with Crippen molar-refractivity contribution >= 4 is 61.0 Å². The van der Waals surface area contributed by atoms with E-state index < -0.39 is 5.97 Å². The molecule has 0 aliphatic carbocycles. The van der Waals surface area contributed by atoms with Crippen molar-refractivity contribution in [1.82, 2.24) is 0 Å². The average molecular weight is 448 g/mol. The van der Waals surface area contributed by atoms with Gasteiger partial charge in [-0.25, -0.2) is 4.79 Å². The van der Waals surface area contributed by atoms with Crippen LogP contribution in [0.3, 0.4) is 0 Å². The van der Waals surface area contributed by atoms with E-state index in [-0.39, 0.29) is 23.6 Å². The number of hydrogen-bond donors (Lipinski definition) is 2. The quantitative estimate of drug-likeness (QED) is 0.711. The highest BCUT2D eigenvalue weighted by molar-refractivity contribution is 9.11. The molecule has 0 spiro atoms. The smallest absolute Gasteiger partial charge is 0.337 e. The fourth-order valence-corrected chi connectivity index (χ4v) is 3.29. The van der Waals surface area contributed by atoms with Gasteiger partial charge in [0, 0.05) is 14.0 Å². The molecule has 2 rings (SSSR count). The van der Waals surface area contributed by atoms with Gasteiger partial charge in [0.2, 0.25) is 5.91 Å². The molecule has 0 radical (unpaired) electrons. The fraction of sp³-hybridized carbons (Fsp3) is 0.0667. The minimum absolute atomic E-state index is 0.00528. The molecular weight excluding hydrogens is 437 g/mol. The average Bonchev–Trinajstić information content (AvgIpc) is 2.44. The summed E-state index contributed by atoms with van der Waals surface area (Å²) in [6, 6.07) is 9.99. The van der Waals surface area contributed by atoms with Gasteiger partial charge in [-0.2, -0.15) is 0 Å². The molecule has 0 unspecified atom stereocenters. The number of amides is 1. The summed E-state index contributed by atoms with van der Waals surface area (Å²) >= 11 is 12.3. The Morgan fingerprint density at radius 2 is 1.77 bits per heavy atom. The summed E-state index contributed by atoms with van der Waals surface area (Å²) in [6.07, 6.45) is 0.124. The molecule has 0 fully saturated rings. The zero-order valence-corrected chi connectivity index (χ0v) is 15.0. The van der Waals surface area contributed by atoms with E-state index >= 15 is 0 Å². The summed E-state index contributed by atoms with van der Waals surface area (Å²) in [4.78, 5) is 23.4. The molecule has 0 heterocycles. The Kier molecular flexibility index (Phi) is 5.61. The Hall–Kier alpha value is -1.37. The number of benzene rings is 2. The monoisotopic (exact) mass is 445 g/mol. The summed E-state index contributed by atoms with van der Waals surface area (Å²) < 4.78 is 1.09. The van der Waals surface area contributed by atoms with E-state index in [0.717, 1.165) is 5.56 Å². The fourth-order valence-electron chi connectivity index (χ4n) is 1.84. The molecule has 0 saturated carbocycles. The van der Waals surface area contributed by atoms with Crippen molar-refractivity contribution in [3.8, 4) is 0 Å². The minimum atomic E-state index is -1.12. The van der Waals surface area contributed by atoms with Crippen LogP contribution in [0, 0.1) is 0 Å². The van der Waals surface area contributed by atoms with Crippen LogP contribution in [-0.4, -0.2) is 17.0 Å². The number of carboxylic acid groups (broad SMARTS) is 1. The highest BCUT2D eigenvalue weighted by Gasteiger charge is 2.17. The van der Waals surface area contributed by atoms with E-state index in [1.807, 2.05) is 0 Å². The lowest BCUT2D eigenvalue weighted by Crippen LogP contribution is -2.17. The summed E-state index contributed by atoms with van der Waals surface area (Å²) in [5.74, 6) is -1.43. The van der Waals surface area contributed by atoms with Crippen molar-refractivity contribution in [2.45, 2.75) is 6.42 Å². The largest absolute Gasteiger partial charge is 0.478 e. The summed E-state index contributed by atoms with van der Waals surface area (Å²) in [7, 11) is 0. The number of carbonyl (C=O) groups excluding carboxylic acids is 1. The predicted octanol–water partition coefficient (Wildman–Crippen LogP) is 4.74. The Morgan fingerprint density at radius 1 is 1.14 bits per heavy atom. The molecule has 7 heteroatoms. The maximum Gasteiger partial charge on any atom is 0.337 e. The molecule has 0 saturated heterocycles. The first-order valence-corrected chi connectivity index (χ1v) is 8.10. The van der Waals surface area contributed by atoms with Gasteiger partial charge in [-0.1, -0.05) is 39.7 Å². The van der Waals surface area contributed by atoms with Crippen molar-refractivity contribution in [2.75, 3.05) is 5.32 Å². The minimum Gasteiger partial charge on any atom is -0.478 e. The molecule has 2 aromatic rings. The number of halogens is 3. The molecule has 1 amide bonds. The lowest BCUT2D eigenvalue weighted by atomic mass is 10.1. The zero-order valence-electron chi connectivity index (χ0n) is 11.1. The van der Waals surface area contributed by atoms with Crippen LogP contribution in [0.15, 0.2) is 45.3 Å². The molecule has 114 valence electrons. The van der Waals surface area contributed by atoms with E-state index in [1.165, 1.54) is 6.07 Å². The Bertz CT molecular complexity index is 732. The van der Waals surface area contributed by atoms with Crippen molar-refractivity contribution in [3.05, 3.63) is 61.5 Å². The molecule has 22 heavy (non-hydrogen) atoms. The van der Waals surface area contributed by atoms with Gasteiger partial charge in [-0.3, -0.25) is 4.79 Å². The molecule has 4 nitrogen and oxygen atoms in total. The van der Waals surface area contributed by atoms with Gasteiger partial charge < -0.3 is 10.4 Å². The van der Waals surface area contributed by atoms with Gasteiger partial charge in [0.25, 0.3) is 0 Å². The van der Waals surface area contributed by atoms with Gasteiger partial charge >= 0.3 is 5.97 Å². The SMILES string of the molecule is O=C(Cc1ccc(Cl)cc1)Nc1c(Br)cc(Br)cc1C(=O)O. The van der Waals surface area contributed by atoms with Crippen LogP contribution >= 0.6 is 43.5 Å². The number of anilines is 1. The van der Waals surface area contributed by atoms with E-state index in [4.69, 9.17) is 11.6 Å². The molecule has 0 atom stereocenters. The maximum atomic E-state index is 12.1. The van der Waals surface area contributed by atoms with Gasteiger partial charge in [0.05, 0.1) is 17.7 Å². The van der Waals surface area contributed by atoms with Crippen LogP contribution in [0.25, 0.3) is 0 Å². The first-order chi connectivity index (χ1) is 10.4. The predicted molar refractivity (Wildman–Crippen MR) is 92.6 cm³/mol. The number of carboxylic acids is 1. The van der Waals surface area contributed by atoms with Crippen LogP contribution < -0.4 is 5.32 Å². The second-order valence-electron chi connectivity index (χ2n) is 4.47. The summed E-state index contributed by atoms with van der Waals surface area (Å²) in [5.41, 5.74) is 1.02. The van der Waals surface area contributed by atoms with E-state index in [0.29, 0.717) is 14.0 Å². The summed E-state index contributed by atoms with van der Waals surface area (Å²) in [5, 5.41) is 12.5. The molecule has 2 aromatic carbocycles. The van der Waals surface area contributed by atoms with Crippen LogP contribution in [-0.2, 0) is 11.2 Å². The lowest BCUT2D eigenvalue weighted by Gasteiger charge is -2.11. The normalized spacial score (nSPS) is 10.3. The Balaban J connectivity index is 2.21. The second-order valence-corrected chi connectivity index (χ2v) is 6.67. The topological polar surface area (TPSA) is 66.4 Å². The molecule has 0 bridgehead atoms. The summed E-state index contributed by atoms with van der Waals surface area (Å²) in [6.45, 7) is 0. The van der Waals surface area contributed by atoms with Gasteiger partial charge in [0.1, 0.15) is 0 Å². The van der Waals surface area contributed by atoms with Crippen LogP contribution in [0.5, 0.6) is 0 Å². The third kappa shape index (κ3) is 4.32.